The Morgan fingerprint density at radius 2 is 1.96 bits per heavy atom. The fourth-order valence-electron chi connectivity index (χ4n) is 2.54. The van der Waals surface area contributed by atoms with E-state index < -0.39 is 6.10 Å². The molecule has 2 aromatic carbocycles. The van der Waals surface area contributed by atoms with E-state index in [1.807, 2.05) is 43.3 Å². The number of halogens is 1. The second-order valence-corrected chi connectivity index (χ2v) is 6.34. The number of nitrogens with one attached hydrogen (secondary N) is 1. The van der Waals surface area contributed by atoms with Crippen LogP contribution in [0.2, 0.25) is 5.02 Å². The predicted octanol–water partition coefficient (Wildman–Crippen LogP) is 4.04. The summed E-state index contributed by atoms with van der Waals surface area (Å²) in [5, 5.41) is 7.18. The highest BCUT2D eigenvalue weighted by Gasteiger charge is 2.17. The Kier molecular flexibility index (Phi) is 6.08. The lowest BCUT2D eigenvalue weighted by Gasteiger charge is -2.16. The molecule has 7 heteroatoms. The second-order valence-electron chi connectivity index (χ2n) is 5.93. The molecule has 0 spiro atoms. The average molecular weight is 386 g/mol. The van der Waals surface area contributed by atoms with Crippen molar-refractivity contribution in [3.8, 4) is 17.1 Å². The fourth-order valence-corrected chi connectivity index (χ4v) is 2.76. The summed E-state index contributed by atoms with van der Waals surface area (Å²) in [5.41, 5.74) is 1.73. The first-order valence-electron chi connectivity index (χ1n) is 8.68. The second kappa shape index (κ2) is 8.68. The molecular formula is C20H20ClN3O3. The maximum absolute atomic E-state index is 12.3. The third-order valence-corrected chi connectivity index (χ3v) is 4.35. The minimum Gasteiger partial charge on any atom is -0.481 e. The van der Waals surface area contributed by atoms with Crippen molar-refractivity contribution < 1.29 is 14.1 Å². The number of carbonyl (C=O) groups is 1. The van der Waals surface area contributed by atoms with E-state index in [2.05, 4.69) is 15.5 Å². The molecule has 0 saturated heterocycles. The van der Waals surface area contributed by atoms with E-state index in [9.17, 15) is 4.79 Å². The molecule has 0 aliphatic heterocycles. The van der Waals surface area contributed by atoms with Crippen LogP contribution in [0.5, 0.6) is 5.75 Å². The van der Waals surface area contributed by atoms with Crippen molar-refractivity contribution in [1.82, 2.24) is 15.5 Å². The van der Waals surface area contributed by atoms with Gasteiger partial charge in [-0.3, -0.25) is 4.79 Å². The number of hydrogen-bond acceptors (Lipinski definition) is 5. The number of carbonyl (C=O) groups excluding carboxylic acids is 1. The van der Waals surface area contributed by atoms with E-state index in [1.54, 1.807) is 19.1 Å². The molecule has 0 aliphatic carbocycles. The van der Waals surface area contributed by atoms with E-state index >= 15 is 0 Å². The van der Waals surface area contributed by atoms with Crippen molar-refractivity contribution in [2.75, 3.05) is 0 Å². The Bertz CT molecular complexity index is 926. The van der Waals surface area contributed by atoms with Crippen LogP contribution in [0.4, 0.5) is 0 Å². The number of rotatable bonds is 7. The van der Waals surface area contributed by atoms with Gasteiger partial charge in [0.15, 0.2) is 6.10 Å². The van der Waals surface area contributed by atoms with Gasteiger partial charge >= 0.3 is 0 Å². The van der Waals surface area contributed by atoms with Gasteiger partial charge in [0.05, 0.1) is 11.6 Å². The minimum atomic E-state index is -0.649. The van der Waals surface area contributed by atoms with Crippen LogP contribution in [0.1, 0.15) is 25.3 Å². The molecule has 27 heavy (non-hydrogen) atoms. The van der Waals surface area contributed by atoms with Gasteiger partial charge < -0.3 is 14.6 Å². The number of aromatic nitrogens is 2. The van der Waals surface area contributed by atoms with Crippen molar-refractivity contribution in [3.63, 3.8) is 0 Å². The first-order valence-corrected chi connectivity index (χ1v) is 9.06. The van der Waals surface area contributed by atoms with E-state index in [-0.39, 0.29) is 12.5 Å². The first kappa shape index (κ1) is 18.9. The zero-order valence-electron chi connectivity index (χ0n) is 15.1. The van der Waals surface area contributed by atoms with Crippen molar-refractivity contribution in [1.29, 1.82) is 0 Å². The highest BCUT2D eigenvalue weighted by Crippen LogP contribution is 2.24. The van der Waals surface area contributed by atoms with E-state index in [0.717, 1.165) is 12.0 Å². The third kappa shape index (κ3) is 4.65. The van der Waals surface area contributed by atoms with E-state index in [1.165, 1.54) is 0 Å². The van der Waals surface area contributed by atoms with Gasteiger partial charge in [-0.15, -0.1) is 0 Å². The van der Waals surface area contributed by atoms with Crippen LogP contribution in [-0.4, -0.2) is 22.2 Å². The minimum absolute atomic E-state index is 0.111. The lowest BCUT2D eigenvalue weighted by molar-refractivity contribution is -0.127. The van der Waals surface area contributed by atoms with Crippen molar-refractivity contribution >= 4 is 17.5 Å². The number of amides is 1. The number of benzene rings is 2. The summed E-state index contributed by atoms with van der Waals surface area (Å²) < 4.78 is 11.0. The summed E-state index contributed by atoms with van der Waals surface area (Å²) in [6.45, 7) is 3.85. The van der Waals surface area contributed by atoms with Gasteiger partial charge in [0.2, 0.25) is 11.7 Å². The van der Waals surface area contributed by atoms with Crippen LogP contribution in [-0.2, 0) is 17.8 Å². The summed E-state index contributed by atoms with van der Waals surface area (Å²) in [7, 11) is 0. The van der Waals surface area contributed by atoms with E-state index in [0.29, 0.717) is 28.1 Å². The summed E-state index contributed by atoms with van der Waals surface area (Å²) in [6.07, 6.45) is 0.181. The Morgan fingerprint density at radius 1 is 1.22 bits per heavy atom. The molecule has 0 bridgehead atoms. The Morgan fingerprint density at radius 3 is 2.74 bits per heavy atom. The van der Waals surface area contributed by atoms with Crippen LogP contribution in [0.15, 0.2) is 53.1 Å². The predicted molar refractivity (Wildman–Crippen MR) is 103 cm³/mol. The molecule has 1 unspecified atom stereocenters. The lowest BCUT2D eigenvalue weighted by atomic mass is 10.1. The quantitative estimate of drug-likeness (QED) is 0.664. The maximum atomic E-state index is 12.3. The molecule has 0 saturated carbocycles. The first-order chi connectivity index (χ1) is 13.1. The molecule has 0 fully saturated rings. The average Bonchev–Trinajstić information content (AvgIpc) is 3.15. The Labute approximate surface area is 162 Å². The molecule has 1 atom stereocenters. The van der Waals surface area contributed by atoms with Crippen molar-refractivity contribution in [2.24, 2.45) is 0 Å². The summed E-state index contributed by atoms with van der Waals surface area (Å²) in [5.74, 6) is 1.12. The summed E-state index contributed by atoms with van der Waals surface area (Å²) in [6, 6.07) is 14.9. The molecule has 0 aliphatic rings. The number of aryl methyl sites for hydroxylation is 1. The highest BCUT2D eigenvalue weighted by atomic mass is 35.5. The number of hydrogen-bond donors (Lipinski definition) is 1. The fraction of sp³-hybridized carbons (Fsp3) is 0.250. The molecule has 1 N–H and O–H groups in total. The van der Waals surface area contributed by atoms with Gasteiger partial charge in [-0.25, -0.2) is 0 Å². The van der Waals surface area contributed by atoms with Gasteiger partial charge in [0.25, 0.3) is 5.91 Å². The monoisotopic (exact) mass is 385 g/mol. The number of ether oxygens (including phenoxy) is 1. The Hall–Kier alpha value is -2.86. The van der Waals surface area contributed by atoms with Crippen LogP contribution < -0.4 is 10.1 Å². The zero-order chi connectivity index (χ0) is 19.2. The van der Waals surface area contributed by atoms with Gasteiger partial charge in [0.1, 0.15) is 5.75 Å². The van der Waals surface area contributed by atoms with Crippen molar-refractivity contribution in [2.45, 2.75) is 32.9 Å². The van der Waals surface area contributed by atoms with E-state index in [4.69, 9.17) is 20.9 Å². The molecular weight excluding hydrogens is 366 g/mol. The number of nitrogens with zero attached hydrogens (tertiary/aromatic N) is 2. The van der Waals surface area contributed by atoms with Crippen LogP contribution in [0, 0.1) is 0 Å². The molecule has 140 valence electrons. The lowest BCUT2D eigenvalue weighted by Crippen LogP contribution is -2.36. The Balaban J connectivity index is 1.58. The molecule has 3 rings (SSSR count). The van der Waals surface area contributed by atoms with Crippen LogP contribution >= 0.6 is 11.6 Å². The summed E-state index contributed by atoms with van der Waals surface area (Å²) >= 11 is 6.13. The SMILES string of the molecule is CCc1ccccc1OC(C)C(=O)NCc1nc(-c2ccccc2Cl)no1. The van der Waals surface area contributed by atoms with Gasteiger partial charge in [-0.1, -0.05) is 54.0 Å². The molecule has 1 aromatic heterocycles. The molecule has 3 aromatic rings. The smallest absolute Gasteiger partial charge is 0.261 e. The number of para-hydroxylation sites is 1. The molecule has 6 nitrogen and oxygen atoms in total. The topological polar surface area (TPSA) is 77.2 Å². The van der Waals surface area contributed by atoms with Gasteiger partial charge in [-0.05, 0) is 37.1 Å². The molecule has 0 radical (unpaired) electrons. The van der Waals surface area contributed by atoms with Gasteiger partial charge in [-0.2, -0.15) is 4.98 Å². The summed E-state index contributed by atoms with van der Waals surface area (Å²) in [4.78, 5) is 16.6. The third-order valence-electron chi connectivity index (χ3n) is 4.02. The normalized spacial score (nSPS) is 11.8. The molecule has 1 heterocycles. The standard InChI is InChI=1S/C20H20ClN3O3/c1-3-14-8-4-7-11-17(14)26-13(2)20(25)22-12-18-23-19(24-27-18)15-9-5-6-10-16(15)21/h4-11,13H,3,12H2,1-2H3,(H,22,25). The largest absolute Gasteiger partial charge is 0.481 e. The van der Waals surface area contributed by atoms with Crippen LogP contribution in [0.25, 0.3) is 11.4 Å². The van der Waals surface area contributed by atoms with Crippen molar-refractivity contribution in [3.05, 3.63) is 65.0 Å². The zero-order valence-corrected chi connectivity index (χ0v) is 15.9. The van der Waals surface area contributed by atoms with Crippen LogP contribution in [0.3, 0.4) is 0 Å². The molecule has 1 amide bonds. The highest BCUT2D eigenvalue weighted by molar-refractivity contribution is 6.33. The maximum Gasteiger partial charge on any atom is 0.261 e. The van der Waals surface area contributed by atoms with Gasteiger partial charge in [0, 0.05) is 5.56 Å².